The molecule has 0 fully saturated rings. The number of nitrogens with one attached hydrogen (secondary N) is 2. The van der Waals surface area contributed by atoms with E-state index in [0.29, 0.717) is 12.2 Å². The molecule has 6 nitrogen and oxygen atoms in total. The predicted molar refractivity (Wildman–Crippen MR) is 104 cm³/mol. The number of nitrogens with zero attached hydrogens (tertiary/aromatic N) is 2. The summed E-state index contributed by atoms with van der Waals surface area (Å²) >= 11 is 1.62. The molecule has 0 aliphatic carbocycles. The molecular weight excluding hydrogens is 348 g/mol. The zero-order valence-corrected chi connectivity index (χ0v) is 15.7. The van der Waals surface area contributed by atoms with E-state index in [-0.39, 0.29) is 11.8 Å². The number of imidazole rings is 1. The van der Waals surface area contributed by atoms with Gasteiger partial charge < -0.3 is 10.6 Å². The number of carbonyl (C=O) groups excluding carboxylic acids is 2. The molecule has 2 aromatic heterocycles. The smallest absolute Gasteiger partial charge is 0.244 e. The largest absolute Gasteiger partial charge is 0.348 e. The SMILES string of the molecule is CC(=O)Nc1cccc(CNC(=O)C=Cc2c(C)nc3sc(C)cn23)c1. The van der Waals surface area contributed by atoms with E-state index in [4.69, 9.17) is 0 Å². The number of thiazole rings is 1. The maximum absolute atomic E-state index is 12.1. The van der Waals surface area contributed by atoms with Crippen molar-refractivity contribution in [2.45, 2.75) is 27.3 Å². The Bertz CT molecular complexity index is 1000. The first-order valence-electron chi connectivity index (χ1n) is 8.20. The van der Waals surface area contributed by atoms with Crippen molar-refractivity contribution in [1.82, 2.24) is 14.7 Å². The Kier molecular flexibility index (Phi) is 5.18. The van der Waals surface area contributed by atoms with E-state index in [9.17, 15) is 9.59 Å². The minimum atomic E-state index is -0.184. The minimum Gasteiger partial charge on any atom is -0.348 e. The number of hydrogen-bond donors (Lipinski definition) is 2. The Hall–Kier alpha value is -2.93. The molecule has 2 amide bonds. The van der Waals surface area contributed by atoms with Crippen LogP contribution in [-0.2, 0) is 16.1 Å². The zero-order valence-electron chi connectivity index (χ0n) is 14.9. The zero-order chi connectivity index (χ0) is 18.7. The normalized spacial score (nSPS) is 11.2. The van der Waals surface area contributed by atoms with Gasteiger partial charge >= 0.3 is 0 Å². The first-order valence-corrected chi connectivity index (χ1v) is 9.01. The number of rotatable bonds is 5. The average molecular weight is 368 g/mol. The van der Waals surface area contributed by atoms with Crippen LogP contribution in [0.2, 0.25) is 0 Å². The van der Waals surface area contributed by atoms with E-state index in [1.807, 2.05) is 48.7 Å². The molecule has 0 bridgehead atoms. The number of carbonyl (C=O) groups is 2. The third-order valence-corrected chi connectivity index (χ3v) is 4.67. The van der Waals surface area contributed by atoms with Crippen LogP contribution in [0.25, 0.3) is 11.0 Å². The first kappa shape index (κ1) is 17.9. The van der Waals surface area contributed by atoms with E-state index < -0.39 is 0 Å². The van der Waals surface area contributed by atoms with E-state index in [2.05, 4.69) is 15.6 Å². The van der Waals surface area contributed by atoms with Crippen LogP contribution in [0.1, 0.15) is 28.8 Å². The lowest BCUT2D eigenvalue weighted by Gasteiger charge is -2.06. The van der Waals surface area contributed by atoms with Crippen LogP contribution in [0.3, 0.4) is 0 Å². The highest BCUT2D eigenvalue weighted by Crippen LogP contribution is 2.21. The molecule has 0 atom stereocenters. The van der Waals surface area contributed by atoms with Crippen LogP contribution in [0, 0.1) is 13.8 Å². The van der Waals surface area contributed by atoms with Crippen molar-refractivity contribution in [2.75, 3.05) is 5.32 Å². The van der Waals surface area contributed by atoms with Crippen molar-refractivity contribution < 1.29 is 9.59 Å². The second-order valence-electron chi connectivity index (χ2n) is 6.01. The van der Waals surface area contributed by atoms with Gasteiger partial charge in [0.15, 0.2) is 4.96 Å². The number of benzene rings is 1. The first-order chi connectivity index (χ1) is 12.4. The molecule has 3 aromatic rings. The van der Waals surface area contributed by atoms with E-state index in [1.165, 1.54) is 17.9 Å². The van der Waals surface area contributed by atoms with Gasteiger partial charge in [-0.2, -0.15) is 0 Å². The molecule has 134 valence electrons. The van der Waals surface area contributed by atoms with E-state index in [0.717, 1.165) is 21.9 Å². The number of fused-ring (bicyclic) bond motifs is 1. The highest BCUT2D eigenvalue weighted by molar-refractivity contribution is 7.17. The fourth-order valence-electron chi connectivity index (χ4n) is 2.65. The fourth-order valence-corrected chi connectivity index (χ4v) is 3.52. The summed E-state index contributed by atoms with van der Waals surface area (Å²) in [6.45, 7) is 5.81. The summed E-state index contributed by atoms with van der Waals surface area (Å²) in [6.07, 6.45) is 5.32. The Labute approximate surface area is 155 Å². The third kappa shape index (κ3) is 4.18. The predicted octanol–water partition coefficient (Wildman–Crippen LogP) is 3.30. The Morgan fingerprint density at radius 3 is 2.88 bits per heavy atom. The van der Waals surface area contributed by atoms with Crippen LogP contribution >= 0.6 is 11.3 Å². The highest BCUT2D eigenvalue weighted by Gasteiger charge is 2.09. The Morgan fingerprint density at radius 2 is 2.12 bits per heavy atom. The number of anilines is 1. The molecule has 0 aliphatic heterocycles. The van der Waals surface area contributed by atoms with Gasteiger partial charge in [0, 0.05) is 36.3 Å². The van der Waals surface area contributed by atoms with E-state index >= 15 is 0 Å². The van der Waals surface area contributed by atoms with Gasteiger partial charge in [0.25, 0.3) is 0 Å². The van der Waals surface area contributed by atoms with Crippen molar-refractivity contribution in [2.24, 2.45) is 0 Å². The lowest BCUT2D eigenvalue weighted by molar-refractivity contribution is -0.116. The topological polar surface area (TPSA) is 75.5 Å². The molecule has 7 heteroatoms. The quantitative estimate of drug-likeness (QED) is 0.679. The van der Waals surface area contributed by atoms with Crippen molar-refractivity contribution in [1.29, 1.82) is 0 Å². The highest BCUT2D eigenvalue weighted by atomic mass is 32.1. The third-order valence-electron chi connectivity index (χ3n) is 3.77. The van der Waals surface area contributed by atoms with Gasteiger partial charge in [-0.3, -0.25) is 14.0 Å². The van der Waals surface area contributed by atoms with Gasteiger partial charge in [-0.15, -0.1) is 11.3 Å². The molecule has 2 N–H and O–H groups in total. The van der Waals surface area contributed by atoms with Gasteiger partial charge in [-0.1, -0.05) is 12.1 Å². The van der Waals surface area contributed by atoms with Crippen molar-refractivity contribution in [3.8, 4) is 0 Å². The van der Waals surface area contributed by atoms with Crippen molar-refractivity contribution in [3.05, 3.63) is 58.4 Å². The minimum absolute atomic E-state index is 0.125. The molecule has 0 aliphatic rings. The maximum atomic E-state index is 12.1. The van der Waals surface area contributed by atoms with E-state index in [1.54, 1.807) is 17.4 Å². The van der Waals surface area contributed by atoms with Gasteiger partial charge in [0.1, 0.15) is 0 Å². The molecule has 0 saturated carbocycles. The number of hydrogen-bond acceptors (Lipinski definition) is 4. The second kappa shape index (κ2) is 7.53. The molecule has 2 heterocycles. The van der Waals surface area contributed by atoms with Crippen LogP contribution < -0.4 is 10.6 Å². The molecule has 3 rings (SSSR count). The molecule has 26 heavy (non-hydrogen) atoms. The van der Waals surface area contributed by atoms with Crippen LogP contribution in [0.4, 0.5) is 5.69 Å². The molecular formula is C19H20N4O2S. The van der Waals surface area contributed by atoms with Crippen LogP contribution in [-0.4, -0.2) is 21.2 Å². The molecule has 1 aromatic carbocycles. The summed E-state index contributed by atoms with van der Waals surface area (Å²) in [5, 5.41) is 5.58. The summed E-state index contributed by atoms with van der Waals surface area (Å²) in [6, 6.07) is 7.38. The summed E-state index contributed by atoms with van der Waals surface area (Å²) in [7, 11) is 0. The second-order valence-corrected chi connectivity index (χ2v) is 7.22. The number of aromatic nitrogens is 2. The molecule has 0 radical (unpaired) electrons. The summed E-state index contributed by atoms with van der Waals surface area (Å²) in [5.74, 6) is -0.309. The van der Waals surface area contributed by atoms with Crippen LogP contribution in [0.15, 0.2) is 36.5 Å². The average Bonchev–Trinajstić information content (AvgIpc) is 3.05. The lowest BCUT2D eigenvalue weighted by Crippen LogP contribution is -2.20. The summed E-state index contributed by atoms with van der Waals surface area (Å²) < 4.78 is 2.00. The summed E-state index contributed by atoms with van der Waals surface area (Å²) in [5.41, 5.74) is 3.43. The monoisotopic (exact) mass is 368 g/mol. The lowest BCUT2D eigenvalue weighted by atomic mass is 10.2. The Balaban J connectivity index is 1.64. The number of amides is 2. The van der Waals surface area contributed by atoms with Crippen molar-refractivity contribution >= 4 is 39.9 Å². The fraction of sp³-hybridized carbons (Fsp3) is 0.211. The molecule has 0 unspecified atom stereocenters. The molecule has 0 spiro atoms. The molecule has 0 saturated heterocycles. The number of aryl methyl sites for hydroxylation is 2. The van der Waals surface area contributed by atoms with Gasteiger partial charge in [0.05, 0.1) is 11.4 Å². The Morgan fingerprint density at radius 1 is 1.31 bits per heavy atom. The standard InChI is InChI=1S/C19H20N4O2S/c1-12-11-23-17(13(2)21-19(23)26-12)7-8-18(25)20-10-15-5-4-6-16(9-15)22-14(3)24/h4-9,11H,10H2,1-3H3,(H,20,25)(H,22,24). The van der Waals surface area contributed by atoms with Gasteiger partial charge in [-0.25, -0.2) is 4.98 Å². The summed E-state index contributed by atoms with van der Waals surface area (Å²) in [4.78, 5) is 29.8. The van der Waals surface area contributed by atoms with Crippen LogP contribution in [0.5, 0.6) is 0 Å². The van der Waals surface area contributed by atoms with Gasteiger partial charge in [0.2, 0.25) is 11.8 Å². The van der Waals surface area contributed by atoms with Crippen molar-refractivity contribution in [3.63, 3.8) is 0 Å². The maximum Gasteiger partial charge on any atom is 0.244 e. The van der Waals surface area contributed by atoms with Gasteiger partial charge in [-0.05, 0) is 37.6 Å².